The summed E-state index contributed by atoms with van der Waals surface area (Å²) in [7, 11) is 1.58. The van der Waals surface area contributed by atoms with E-state index >= 15 is 0 Å². The van der Waals surface area contributed by atoms with Gasteiger partial charge in [-0.3, -0.25) is 9.69 Å². The lowest BCUT2D eigenvalue weighted by atomic mass is 10.00. The molecule has 140 valence electrons. The molecular weight excluding hydrogens is 320 g/mol. The number of hydrogen-bond acceptors (Lipinski definition) is 5. The van der Waals surface area contributed by atoms with Crippen molar-refractivity contribution in [2.45, 2.75) is 45.4 Å². The minimum atomic E-state index is -0.146. The van der Waals surface area contributed by atoms with Crippen molar-refractivity contribution in [3.63, 3.8) is 0 Å². The molecule has 6 nitrogen and oxygen atoms in total. The maximum atomic E-state index is 12.2. The topological polar surface area (TPSA) is 60.0 Å². The Hall–Kier alpha value is -1.79. The van der Waals surface area contributed by atoms with Crippen molar-refractivity contribution < 1.29 is 19.0 Å². The van der Waals surface area contributed by atoms with Crippen LogP contribution in [-0.2, 0) is 9.53 Å². The van der Waals surface area contributed by atoms with Crippen molar-refractivity contribution in [1.82, 2.24) is 10.2 Å². The van der Waals surface area contributed by atoms with Gasteiger partial charge < -0.3 is 19.5 Å². The standard InChI is InChI=1S/C19H30N2O4/c1-14-10-21(11-15(2)25-14)19(3,4)13-20-18(22)12-24-17-9-7-6-8-16(17)23-5/h6-9,14-15H,10-13H2,1-5H3,(H,20,22)/t14-,15-/m0/s1. The van der Waals surface area contributed by atoms with Crippen molar-refractivity contribution in [3.8, 4) is 11.5 Å². The molecule has 6 heteroatoms. The van der Waals surface area contributed by atoms with Crippen molar-refractivity contribution in [2.75, 3.05) is 33.4 Å². The second kappa shape index (κ2) is 8.54. The number of amides is 1. The first-order chi connectivity index (χ1) is 11.8. The average Bonchev–Trinajstić information content (AvgIpc) is 2.57. The Morgan fingerprint density at radius 1 is 1.24 bits per heavy atom. The summed E-state index contributed by atoms with van der Waals surface area (Å²) >= 11 is 0. The molecule has 1 heterocycles. The van der Waals surface area contributed by atoms with Gasteiger partial charge in [0.25, 0.3) is 5.91 Å². The summed E-state index contributed by atoms with van der Waals surface area (Å²) in [4.78, 5) is 14.5. The predicted molar refractivity (Wildman–Crippen MR) is 97.2 cm³/mol. The molecule has 0 spiro atoms. The number of nitrogens with zero attached hydrogens (tertiary/aromatic N) is 1. The van der Waals surface area contributed by atoms with Crippen LogP contribution in [-0.4, -0.2) is 61.9 Å². The highest BCUT2D eigenvalue weighted by atomic mass is 16.5. The normalized spacial score (nSPS) is 21.6. The van der Waals surface area contributed by atoms with Gasteiger partial charge in [-0.15, -0.1) is 0 Å². The number of morpholine rings is 1. The van der Waals surface area contributed by atoms with E-state index in [1.165, 1.54) is 0 Å². The summed E-state index contributed by atoms with van der Waals surface area (Å²) in [5.74, 6) is 1.04. The summed E-state index contributed by atoms with van der Waals surface area (Å²) in [5.41, 5.74) is -0.146. The minimum Gasteiger partial charge on any atom is -0.493 e. The van der Waals surface area contributed by atoms with Crippen LogP contribution in [0.1, 0.15) is 27.7 Å². The first-order valence-electron chi connectivity index (χ1n) is 8.75. The Morgan fingerprint density at radius 2 is 1.84 bits per heavy atom. The van der Waals surface area contributed by atoms with E-state index in [-0.39, 0.29) is 30.3 Å². The second-order valence-corrected chi connectivity index (χ2v) is 7.19. The highest BCUT2D eigenvalue weighted by molar-refractivity contribution is 5.77. The van der Waals surface area contributed by atoms with Crippen molar-refractivity contribution in [1.29, 1.82) is 0 Å². The third-order valence-electron chi connectivity index (χ3n) is 4.42. The summed E-state index contributed by atoms with van der Waals surface area (Å²) in [6.07, 6.45) is 0.403. The Kier molecular flexibility index (Phi) is 6.67. The first-order valence-corrected chi connectivity index (χ1v) is 8.75. The van der Waals surface area contributed by atoms with Crippen LogP contribution >= 0.6 is 0 Å². The van der Waals surface area contributed by atoms with Gasteiger partial charge in [0.05, 0.1) is 19.3 Å². The van der Waals surface area contributed by atoms with E-state index in [2.05, 4.69) is 37.9 Å². The summed E-state index contributed by atoms with van der Waals surface area (Å²) in [6, 6.07) is 7.29. The number of benzene rings is 1. The molecule has 1 aliphatic rings. The van der Waals surface area contributed by atoms with E-state index in [1.54, 1.807) is 19.2 Å². The Morgan fingerprint density at radius 3 is 2.44 bits per heavy atom. The number of carbonyl (C=O) groups is 1. The Bertz CT molecular complexity index is 566. The molecule has 2 atom stereocenters. The molecule has 0 unspecified atom stereocenters. The number of carbonyl (C=O) groups excluding carboxylic acids is 1. The maximum Gasteiger partial charge on any atom is 0.258 e. The maximum absolute atomic E-state index is 12.2. The fourth-order valence-corrected chi connectivity index (χ4v) is 3.03. The SMILES string of the molecule is COc1ccccc1OCC(=O)NCC(C)(C)N1C[C@H](C)O[C@@H](C)C1. The van der Waals surface area contributed by atoms with Crippen LogP contribution in [0.3, 0.4) is 0 Å². The summed E-state index contributed by atoms with van der Waals surface area (Å²) in [5, 5.41) is 2.97. The third-order valence-corrected chi connectivity index (χ3v) is 4.42. The molecule has 1 fully saturated rings. The largest absolute Gasteiger partial charge is 0.493 e. The van der Waals surface area contributed by atoms with E-state index in [9.17, 15) is 4.79 Å². The molecule has 0 aromatic heterocycles. The van der Waals surface area contributed by atoms with Crippen molar-refractivity contribution >= 4 is 5.91 Å². The van der Waals surface area contributed by atoms with Gasteiger partial charge in [0.2, 0.25) is 0 Å². The fraction of sp³-hybridized carbons (Fsp3) is 0.632. The quantitative estimate of drug-likeness (QED) is 0.816. The monoisotopic (exact) mass is 350 g/mol. The summed E-state index contributed by atoms with van der Waals surface area (Å²) < 4.78 is 16.6. The lowest BCUT2D eigenvalue weighted by Crippen LogP contribution is -2.58. The van der Waals surface area contributed by atoms with Crippen LogP contribution in [0.2, 0.25) is 0 Å². The summed E-state index contributed by atoms with van der Waals surface area (Å²) in [6.45, 7) is 10.7. The molecule has 1 aromatic carbocycles. The average molecular weight is 350 g/mol. The molecule has 25 heavy (non-hydrogen) atoms. The molecule has 0 saturated carbocycles. The minimum absolute atomic E-state index is 0.0353. The van der Waals surface area contributed by atoms with Crippen LogP contribution in [0.15, 0.2) is 24.3 Å². The number of ether oxygens (including phenoxy) is 3. The van der Waals surface area contributed by atoms with E-state index in [0.717, 1.165) is 13.1 Å². The van der Waals surface area contributed by atoms with Gasteiger partial charge >= 0.3 is 0 Å². The third kappa shape index (κ3) is 5.61. The van der Waals surface area contributed by atoms with Crippen molar-refractivity contribution in [2.24, 2.45) is 0 Å². The Balaban J connectivity index is 1.82. The first kappa shape index (κ1) is 19.5. The second-order valence-electron chi connectivity index (χ2n) is 7.19. The zero-order chi connectivity index (χ0) is 18.4. The zero-order valence-electron chi connectivity index (χ0n) is 15.9. The molecule has 0 radical (unpaired) electrons. The number of hydrogen-bond donors (Lipinski definition) is 1. The molecule has 0 bridgehead atoms. The van der Waals surface area contributed by atoms with Crippen LogP contribution in [0.4, 0.5) is 0 Å². The highest BCUT2D eigenvalue weighted by Gasteiger charge is 2.33. The van der Waals surface area contributed by atoms with Gasteiger partial charge in [-0.05, 0) is 39.8 Å². The molecule has 1 N–H and O–H groups in total. The molecular formula is C19H30N2O4. The van der Waals surface area contributed by atoms with Crippen LogP contribution in [0.5, 0.6) is 11.5 Å². The van der Waals surface area contributed by atoms with Gasteiger partial charge in [-0.25, -0.2) is 0 Å². The van der Waals surface area contributed by atoms with Gasteiger partial charge in [-0.1, -0.05) is 12.1 Å². The van der Waals surface area contributed by atoms with Crippen LogP contribution < -0.4 is 14.8 Å². The fourth-order valence-electron chi connectivity index (χ4n) is 3.03. The van der Waals surface area contributed by atoms with Gasteiger partial charge in [0, 0.05) is 25.2 Å². The smallest absolute Gasteiger partial charge is 0.258 e. The Labute approximate surface area is 150 Å². The van der Waals surface area contributed by atoms with Gasteiger partial charge in [0.1, 0.15) is 0 Å². The number of rotatable bonds is 7. The van der Waals surface area contributed by atoms with Gasteiger partial charge in [0.15, 0.2) is 18.1 Å². The molecule has 1 saturated heterocycles. The van der Waals surface area contributed by atoms with Crippen LogP contribution in [0, 0.1) is 0 Å². The zero-order valence-corrected chi connectivity index (χ0v) is 15.9. The predicted octanol–water partition coefficient (Wildman–Crippen LogP) is 2.08. The highest BCUT2D eigenvalue weighted by Crippen LogP contribution is 2.25. The molecule has 0 aliphatic carbocycles. The molecule has 1 aliphatic heterocycles. The lowest BCUT2D eigenvalue weighted by molar-refractivity contribution is -0.124. The molecule has 1 amide bonds. The molecule has 1 aromatic rings. The number of nitrogens with one attached hydrogen (secondary N) is 1. The van der Waals surface area contributed by atoms with E-state index in [4.69, 9.17) is 14.2 Å². The number of methoxy groups -OCH3 is 1. The van der Waals surface area contributed by atoms with Crippen LogP contribution in [0.25, 0.3) is 0 Å². The van der Waals surface area contributed by atoms with E-state index < -0.39 is 0 Å². The number of para-hydroxylation sites is 2. The lowest BCUT2D eigenvalue weighted by Gasteiger charge is -2.45. The van der Waals surface area contributed by atoms with Gasteiger partial charge in [-0.2, -0.15) is 0 Å². The van der Waals surface area contributed by atoms with E-state index in [0.29, 0.717) is 18.0 Å². The van der Waals surface area contributed by atoms with Crippen molar-refractivity contribution in [3.05, 3.63) is 24.3 Å². The molecule has 2 rings (SSSR count). The van der Waals surface area contributed by atoms with E-state index in [1.807, 2.05) is 12.1 Å².